The van der Waals surface area contributed by atoms with Gasteiger partial charge in [0.25, 0.3) is 5.56 Å². The average molecular weight is 476 g/mol. The zero-order chi connectivity index (χ0) is 22.4. The Balaban J connectivity index is 1.57. The van der Waals surface area contributed by atoms with E-state index in [-0.39, 0.29) is 29.4 Å². The molecule has 0 atom stereocenters. The summed E-state index contributed by atoms with van der Waals surface area (Å²) in [4.78, 5) is 27.0. The molecule has 170 valence electrons. The van der Waals surface area contributed by atoms with Crippen molar-refractivity contribution in [1.29, 1.82) is 0 Å². The van der Waals surface area contributed by atoms with Gasteiger partial charge in [0.15, 0.2) is 0 Å². The first-order valence-electron chi connectivity index (χ1n) is 11.1. The fraction of sp³-hybridized carbons (Fsp3) is 0.500. The number of fused-ring (bicyclic) bond motifs is 3. The number of carbonyl (C=O) groups is 1. The van der Waals surface area contributed by atoms with Crippen LogP contribution >= 0.6 is 23.4 Å². The molecule has 5 rings (SSSR count). The molecule has 0 spiro atoms. The highest BCUT2D eigenvalue weighted by Crippen LogP contribution is 2.48. The Morgan fingerprint density at radius 3 is 2.62 bits per heavy atom. The van der Waals surface area contributed by atoms with E-state index in [1.165, 1.54) is 0 Å². The second-order valence-corrected chi connectivity index (χ2v) is 10.2. The van der Waals surface area contributed by atoms with Crippen LogP contribution in [0, 0.1) is 0 Å². The number of nitrogens with zero attached hydrogens (tertiary/aromatic N) is 1. The minimum absolute atomic E-state index is 0.0966. The minimum Gasteiger partial charge on any atom is -0.489 e. The van der Waals surface area contributed by atoms with Crippen molar-refractivity contribution in [3.05, 3.63) is 44.7 Å². The number of hydrogen-bond acceptors (Lipinski definition) is 6. The number of rotatable bonds is 5. The van der Waals surface area contributed by atoms with E-state index in [0.29, 0.717) is 29.7 Å². The topological polar surface area (TPSA) is 66.8 Å². The fourth-order valence-electron chi connectivity index (χ4n) is 4.27. The van der Waals surface area contributed by atoms with E-state index >= 15 is 0 Å². The SMILES string of the molecule is CC(C)OC(=O)c1cc2c(n(C3CC3)c1=O)-c1cc(Cl)c(OC3CCOCC3)cc1SC2. The van der Waals surface area contributed by atoms with Gasteiger partial charge in [-0.3, -0.25) is 4.79 Å². The van der Waals surface area contributed by atoms with Crippen LogP contribution in [0.3, 0.4) is 0 Å². The Labute approximate surface area is 196 Å². The molecule has 6 nitrogen and oxygen atoms in total. The van der Waals surface area contributed by atoms with Crippen LogP contribution in [0.2, 0.25) is 5.02 Å². The normalized spacial score (nSPS) is 18.2. The van der Waals surface area contributed by atoms with Crippen molar-refractivity contribution in [2.75, 3.05) is 13.2 Å². The smallest absolute Gasteiger partial charge is 0.344 e. The monoisotopic (exact) mass is 475 g/mol. The lowest BCUT2D eigenvalue weighted by molar-refractivity contribution is 0.0255. The molecule has 2 aromatic rings. The summed E-state index contributed by atoms with van der Waals surface area (Å²) < 4.78 is 18.7. The molecule has 3 heterocycles. The quantitative estimate of drug-likeness (QED) is 0.551. The number of thioether (sulfide) groups is 1. The molecular formula is C24H26ClNO5S. The van der Waals surface area contributed by atoms with E-state index in [0.717, 1.165) is 47.4 Å². The van der Waals surface area contributed by atoms with Gasteiger partial charge in [-0.15, -0.1) is 11.8 Å². The Bertz CT molecular complexity index is 1120. The molecule has 1 saturated heterocycles. The highest BCUT2D eigenvalue weighted by Gasteiger charge is 2.34. The first-order valence-corrected chi connectivity index (χ1v) is 12.5. The van der Waals surface area contributed by atoms with Gasteiger partial charge in [0.1, 0.15) is 17.4 Å². The van der Waals surface area contributed by atoms with Crippen molar-refractivity contribution >= 4 is 29.3 Å². The minimum atomic E-state index is -0.559. The largest absolute Gasteiger partial charge is 0.489 e. The van der Waals surface area contributed by atoms with Gasteiger partial charge in [-0.2, -0.15) is 0 Å². The Morgan fingerprint density at radius 1 is 1.19 bits per heavy atom. The maximum absolute atomic E-state index is 13.4. The molecule has 1 saturated carbocycles. The number of benzene rings is 1. The number of pyridine rings is 1. The van der Waals surface area contributed by atoms with Crippen LogP contribution in [0.15, 0.2) is 27.9 Å². The van der Waals surface area contributed by atoms with E-state index in [4.69, 9.17) is 25.8 Å². The van der Waals surface area contributed by atoms with Crippen LogP contribution in [-0.4, -0.2) is 36.0 Å². The third kappa shape index (κ3) is 4.18. The zero-order valence-electron chi connectivity index (χ0n) is 18.2. The highest BCUT2D eigenvalue weighted by molar-refractivity contribution is 7.98. The molecule has 32 heavy (non-hydrogen) atoms. The van der Waals surface area contributed by atoms with Crippen molar-refractivity contribution in [3.63, 3.8) is 0 Å². The van der Waals surface area contributed by atoms with E-state index in [2.05, 4.69) is 0 Å². The molecule has 0 amide bonds. The number of halogens is 1. The van der Waals surface area contributed by atoms with Crippen LogP contribution in [0.25, 0.3) is 11.3 Å². The summed E-state index contributed by atoms with van der Waals surface area (Å²) in [7, 11) is 0. The maximum Gasteiger partial charge on any atom is 0.344 e. The molecule has 1 aromatic heterocycles. The molecule has 2 aliphatic heterocycles. The Morgan fingerprint density at radius 2 is 1.94 bits per heavy atom. The third-order valence-corrected chi connectivity index (χ3v) is 7.32. The van der Waals surface area contributed by atoms with Crippen LogP contribution in [0.5, 0.6) is 5.75 Å². The van der Waals surface area contributed by atoms with Crippen LogP contribution in [-0.2, 0) is 15.2 Å². The van der Waals surface area contributed by atoms with Gasteiger partial charge < -0.3 is 18.8 Å². The number of ether oxygens (including phenoxy) is 3. The summed E-state index contributed by atoms with van der Waals surface area (Å²) in [5, 5.41) is 0.529. The lowest BCUT2D eigenvalue weighted by Crippen LogP contribution is -2.30. The van der Waals surface area contributed by atoms with E-state index in [1.54, 1.807) is 36.2 Å². The Hall–Kier alpha value is -1.96. The van der Waals surface area contributed by atoms with Crippen molar-refractivity contribution in [3.8, 4) is 17.0 Å². The van der Waals surface area contributed by atoms with Crippen LogP contribution < -0.4 is 10.3 Å². The molecule has 0 N–H and O–H groups in total. The summed E-state index contributed by atoms with van der Waals surface area (Å²) in [5.41, 5.74) is 2.58. The fourth-order valence-corrected chi connectivity index (χ4v) is 5.51. The molecule has 1 aromatic carbocycles. The summed E-state index contributed by atoms with van der Waals surface area (Å²) in [6.45, 7) is 4.96. The van der Waals surface area contributed by atoms with Gasteiger partial charge in [-0.25, -0.2) is 4.79 Å². The summed E-state index contributed by atoms with van der Waals surface area (Å²) in [5.74, 6) is 0.775. The van der Waals surface area contributed by atoms with E-state index < -0.39 is 5.97 Å². The maximum atomic E-state index is 13.4. The van der Waals surface area contributed by atoms with E-state index in [1.807, 2.05) is 12.1 Å². The molecule has 0 unspecified atom stereocenters. The number of aromatic nitrogens is 1. The lowest BCUT2D eigenvalue weighted by atomic mass is 10.0. The first kappa shape index (κ1) is 21.9. The predicted octanol–water partition coefficient (Wildman–Crippen LogP) is 5.23. The van der Waals surface area contributed by atoms with Gasteiger partial charge in [0.2, 0.25) is 0 Å². The summed E-state index contributed by atoms with van der Waals surface area (Å²) in [6.07, 6.45) is 3.36. The standard InChI is InChI=1S/C24H26ClNO5S/c1-13(2)30-24(28)18-9-14-12-32-21-11-20(31-16-5-7-29-8-6-16)19(25)10-17(21)22(14)26(23(18)27)15-3-4-15/h9-11,13,15-16H,3-8,12H2,1-2H3. The molecule has 2 fully saturated rings. The molecule has 3 aliphatic rings. The lowest BCUT2D eigenvalue weighted by Gasteiger charge is -2.27. The van der Waals surface area contributed by atoms with Crippen molar-refractivity contribution < 1.29 is 19.0 Å². The van der Waals surface area contributed by atoms with Crippen LogP contribution in [0.4, 0.5) is 0 Å². The second kappa shape index (κ2) is 8.76. The van der Waals surface area contributed by atoms with Gasteiger partial charge in [0.05, 0.1) is 30.0 Å². The van der Waals surface area contributed by atoms with Crippen molar-refractivity contribution in [2.24, 2.45) is 0 Å². The zero-order valence-corrected chi connectivity index (χ0v) is 19.8. The first-order chi connectivity index (χ1) is 15.4. The molecule has 0 bridgehead atoms. The number of carbonyl (C=O) groups excluding carboxylic acids is 1. The molecule has 0 radical (unpaired) electrons. The average Bonchev–Trinajstić information content (AvgIpc) is 3.59. The highest BCUT2D eigenvalue weighted by atomic mass is 35.5. The molecular weight excluding hydrogens is 450 g/mol. The second-order valence-electron chi connectivity index (χ2n) is 8.79. The van der Waals surface area contributed by atoms with Gasteiger partial charge in [0, 0.05) is 35.1 Å². The van der Waals surface area contributed by atoms with Gasteiger partial charge in [-0.1, -0.05) is 11.6 Å². The van der Waals surface area contributed by atoms with Crippen molar-refractivity contribution in [2.45, 2.75) is 68.4 Å². The van der Waals surface area contributed by atoms with E-state index in [9.17, 15) is 9.59 Å². The predicted molar refractivity (Wildman–Crippen MR) is 124 cm³/mol. The van der Waals surface area contributed by atoms with Crippen molar-refractivity contribution in [1.82, 2.24) is 4.57 Å². The molecule has 1 aliphatic carbocycles. The molecule has 8 heteroatoms. The Kier molecular flexibility index (Phi) is 5.99. The third-order valence-electron chi connectivity index (χ3n) is 5.92. The number of hydrogen-bond donors (Lipinski definition) is 0. The van der Waals surface area contributed by atoms with Crippen LogP contribution in [0.1, 0.15) is 61.5 Å². The number of esters is 1. The van der Waals surface area contributed by atoms with Gasteiger partial charge >= 0.3 is 5.97 Å². The summed E-state index contributed by atoms with van der Waals surface area (Å²) in [6, 6.07) is 5.71. The van der Waals surface area contributed by atoms with Gasteiger partial charge in [-0.05, 0) is 50.5 Å². The summed E-state index contributed by atoms with van der Waals surface area (Å²) >= 11 is 8.31.